The molecule has 0 saturated heterocycles. The molecule has 0 aromatic rings. The predicted octanol–water partition coefficient (Wildman–Crippen LogP) is 3.30. The maximum atomic E-state index is 11.5. The van der Waals surface area contributed by atoms with Crippen LogP contribution in [0.3, 0.4) is 0 Å². The highest BCUT2D eigenvalue weighted by Gasteiger charge is 2.59. The van der Waals surface area contributed by atoms with Crippen LogP contribution in [0.4, 0.5) is 0 Å². The van der Waals surface area contributed by atoms with Crippen molar-refractivity contribution in [3.8, 4) is 0 Å². The van der Waals surface area contributed by atoms with Crippen molar-refractivity contribution in [1.82, 2.24) is 0 Å². The fourth-order valence-corrected chi connectivity index (χ4v) is 4.59. The average Bonchev–Trinajstić information content (AvgIpc) is 2.34. The highest BCUT2D eigenvalue weighted by Crippen LogP contribution is 2.60. The van der Waals surface area contributed by atoms with Gasteiger partial charge in [-0.05, 0) is 43.9 Å². The van der Waals surface area contributed by atoms with Crippen molar-refractivity contribution in [1.29, 1.82) is 0 Å². The first-order chi connectivity index (χ1) is 8.89. The lowest BCUT2D eigenvalue weighted by molar-refractivity contribution is -0.184. The topological polar surface area (TPSA) is 40.5 Å². The molecule has 2 rings (SSSR count). The van der Waals surface area contributed by atoms with Gasteiger partial charge in [0.05, 0.1) is 5.60 Å². The number of allylic oxidation sites excluding steroid dienone is 1. The van der Waals surface area contributed by atoms with E-state index in [1.54, 1.807) is 0 Å². The van der Waals surface area contributed by atoms with Crippen LogP contribution in [-0.2, 0) is 0 Å². The van der Waals surface area contributed by atoms with Gasteiger partial charge in [-0.1, -0.05) is 32.1 Å². The van der Waals surface area contributed by atoms with E-state index in [2.05, 4.69) is 27.0 Å². The number of aliphatic hydroxyl groups excluding tert-OH is 1. The van der Waals surface area contributed by atoms with Gasteiger partial charge in [-0.15, -0.1) is 6.58 Å². The van der Waals surface area contributed by atoms with E-state index < -0.39 is 5.60 Å². The molecule has 0 heterocycles. The Morgan fingerprint density at radius 2 is 2.11 bits per heavy atom. The Kier molecular flexibility index (Phi) is 3.95. The smallest absolute Gasteiger partial charge is 0.0774 e. The monoisotopic (exact) mass is 264 g/mol. The number of fused-ring (bicyclic) bond motifs is 1. The largest absolute Gasteiger partial charge is 0.396 e. The lowest BCUT2D eigenvalue weighted by Gasteiger charge is -2.60. The summed E-state index contributed by atoms with van der Waals surface area (Å²) in [5.74, 6) is 0.816. The van der Waals surface area contributed by atoms with Gasteiger partial charge in [0.1, 0.15) is 0 Å². The first-order valence-corrected chi connectivity index (χ1v) is 7.51. The Hall–Kier alpha value is -0.600. The number of hydrogen-bond acceptors (Lipinski definition) is 2. The molecule has 0 aliphatic heterocycles. The fourth-order valence-electron chi connectivity index (χ4n) is 4.59. The third kappa shape index (κ3) is 2.09. The zero-order chi connectivity index (χ0) is 14.3. The molecule has 2 fully saturated rings. The molecule has 0 amide bonds. The molecule has 0 radical (unpaired) electrons. The second-order valence-corrected chi connectivity index (χ2v) is 7.02. The Morgan fingerprint density at radius 3 is 2.68 bits per heavy atom. The minimum atomic E-state index is -0.735. The van der Waals surface area contributed by atoms with E-state index >= 15 is 0 Å². The van der Waals surface area contributed by atoms with Gasteiger partial charge in [-0.25, -0.2) is 0 Å². The second-order valence-electron chi connectivity index (χ2n) is 7.02. The van der Waals surface area contributed by atoms with Crippen LogP contribution in [0.1, 0.15) is 46.0 Å². The molecule has 19 heavy (non-hydrogen) atoms. The summed E-state index contributed by atoms with van der Waals surface area (Å²) < 4.78 is 0. The molecule has 2 nitrogen and oxygen atoms in total. The highest BCUT2D eigenvalue weighted by atomic mass is 16.3. The molecule has 2 saturated carbocycles. The van der Waals surface area contributed by atoms with E-state index in [9.17, 15) is 10.2 Å². The van der Waals surface area contributed by atoms with Crippen LogP contribution in [0.5, 0.6) is 0 Å². The molecule has 2 aliphatic rings. The van der Waals surface area contributed by atoms with E-state index in [1.807, 2.05) is 6.08 Å². The van der Waals surface area contributed by atoms with Crippen molar-refractivity contribution >= 4 is 0 Å². The van der Waals surface area contributed by atoms with Crippen molar-refractivity contribution in [2.24, 2.45) is 23.2 Å². The average molecular weight is 264 g/mol. The zero-order valence-corrected chi connectivity index (χ0v) is 12.4. The summed E-state index contributed by atoms with van der Waals surface area (Å²) in [5, 5.41) is 21.2. The molecular weight excluding hydrogens is 236 g/mol. The molecule has 2 aliphatic carbocycles. The normalized spacial score (nSPS) is 46.7. The van der Waals surface area contributed by atoms with E-state index in [-0.39, 0.29) is 23.9 Å². The minimum absolute atomic E-state index is 0.0875. The highest BCUT2D eigenvalue weighted by molar-refractivity contribution is 5.23. The number of hydrogen-bond donors (Lipinski definition) is 2. The van der Waals surface area contributed by atoms with E-state index in [1.165, 1.54) is 6.42 Å². The van der Waals surface area contributed by atoms with Crippen LogP contribution in [0.25, 0.3) is 0 Å². The van der Waals surface area contributed by atoms with Gasteiger partial charge in [0.15, 0.2) is 0 Å². The van der Waals surface area contributed by atoms with Gasteiger partial charge >= 0.3 is 0 Å². The van der Waals surface area contributed by atoms with Crippen LogP contribution < -0.4 is 0 Å². The summed E-state index contributed by atoms with van der Waals surface area (Å²) in [5.41, 5.74) is 0.112. The van der Waals surface area contributed by atoms with Crippen LogP contribution in [-0.4, -0.2) is 22.4 Å². The van der Waals surface area contributed by atoms with E-state index in [0.29, 0.717) is 5.92 Å². The summed E-state index contributed by atoms with van der Waals surface area (Å²) in [6.45, 7) is 12.5. The quantitative estimate of drug-likeness (QED) is 0.768. The predicted molar refractivity (Wildman–Crippen MR) is 78.7 cm³/mol. The summed E-state index contributed by atoms with van der Waals surface area (Å²) >= 11 is 0. The Bertz CT molecular complexity index is 375. The molecular formula is C17H28O2. The zero-order valence-electron chi connectivity index (χ0n) is 12.4. The minimum Gasteiger partial charge on any atom is -0.396 e. The molecule has 0 spiro atoms. The second kappa shape index (κ2) is 5.06. The number of rotatable bonds is 3. The maximum absolute atomic E-state index is 11.5. The van der Waals surface area contributed by atoms with Gasteiger partial charge in [0.25, 0.3) is 0 Å². The molecule has 108 valence electrons. The maximum Gasteiger partial charge on any atom is 0.0774 e. The Morgan fingerprint density at radius 1 is 1.42 bits per heavy atom. The van der Waals surface area contributed by atoms with Gasteiger partial charge in [0.2, 0.25) is 0 Å². The molecule has 2 heteroatoms. The van der Waals surface area contributed by atoms with Crippen molar-refractivity contribution < 1.29 is 10.2 Å². The summed E-state index contributed by atoms with van der Waals surface area (Å²) in [6, 6.07) is 0. The Balaban J connectivity index is 2.45. The first kappa shape index (κ1) is 14.8. The molecule has 0 unspecified atom stereocenters. The van der Waals surface area contributed by atoms with Crippen LogP contribution in [0, 0.1) is 23.2 Å². The standard InChI is InChI=1S/C17H28O2/c1-5-8-16(4)14(11-18)9-13(3)15-7-6-12(2)10-17(15,16)19/h5,12,14-15,18-19H,1,3,6-11H2,2,4H3/t12-,14-,15+,16-,17+/m1/s1. The van der Waals surface area contributed by atoms with Crippen LogP contribution >= 0.6 is 0 Å². The summed E-state index contributed by atoms with van der Waals surface area (Å²) in [7, 11) is 0. The summed E-state index contributed by atoms with van der Waals surface area (Å²) in [6.07, 6.45) is 6.50. The molecule has 0 bridgehead atoms. The van der Waals surface area contributed by atoms with Crippen molar-refractivity contribution in [2.45, 2.75) is 51.6 Å². The van der Waals surface area contributed by atoms with Crippen LogP contribution in [0.2, 0.25) is 0 Å². The molecule has 5 atom stereocenters. The van der Waals surface area contributed by atoms with Crippen molar-refractivity contribution in [3.05, 3.63) is 24.8 Å². The van der Waals surface area contributed by atoms with E-state index in [0.717, 1.165) is 31.3 Å². The van der Waals surface area contributed by atoms with Crippen molar-refractivity contribution in [2.75, 3.05) is 6.61 Å². The molecule has 0 aromatic carbocycles. The first-order valence-electron chi connectivity index (χ1n) is 7.51. The van der Waals surface area contributed by atoms with Gasteiger partial charge < -0.3 is 10.2 Å². The SMILES string of the molecule is C=CC[C@]1(C)[C@@H](CO)CC(=C)[C@@H]2CC[C@@H](C)C[C@]21O. The summed E-state index contributed by atoms with van der Waals surface area (Å²) in [4.78, 5) is 0. The van der Waals surface area contributed by atoms with Gasteiger partial charge in [-0.2, -0.15) is 0 Å². The lowest BCUT2D eigenvalue weighted by atomic mass is 9.48. The van der Waals surface area contributed by atoms with Crippen molar-refractivity contribution in [3.63, 3.8) is 0 Å². The molecule has 0 aromatic heterocycles. The fraction of sp³-hybridized carbons (Fsp3) is 0.765. The Labute approximate surface area is 117 Å². The third-order valence-electron chi connectivity index (χ3n) is 5.86. The lowest BCUT2D eigenvalue weighted by Crippen LogP contribution is -2.61. The van der Waals surface area contributed by atoms with Crippen LogP contribution in [0.15, 0.2) is 24.8 Å². The van der Waals surface area contributed by atoms with Gasteiger partial charge in [-0.3, -0.25) is 0 Å². The van der Waals surface area contributed by atoms with Gasteiger partial charge in [0, 0.05) is 17.9 Å². The third-order valence-corrected chi connectivity index (χ3v) is 5.86. The van der Waals surface area contributed by atoms with E-state index in [4.69, 9.17) is 0 Å². The molecule has 2 N–H and O–H groups in total. The number of aliphatic hydroxyl groups is 2.